The number of ether oxygens (including phenoxy) is 1. The number of aromatic nitrogens is 1. The first kappa shape index (κ1) is 22.9. The van der Waals surface area contributed by atoms with Gasteiger partial charge in [0.05, 0.1) is 22.5 Å². The van der Waals surface area contributed by atoms with Gasteiger partial charge < -0.3 is 9.30 Å². The second kappa shape index (κ2) is 9.29. The number of rotatable bonds is 5. The summed E-state index contributed by atoms with van der Waals surface area (Å²) in [6, 6.07) is 9.79. The lowest BCUT2D eigenvalue weighted by Gasteiger charge is -2.14. The van der Waals surface area contributed by atoms with Gasteiger partial charge in [-0.15, -0.1) is 0 Å². The molecule has 1 aliphatic rings. The number of nitrogens with zero attached hydrogens (tertiary/aromatic N) is 3. The summed E-state index contributed by atoms with van der Waals surface area (Å²) in [5, 5.41) is 0.531. The Bertz CT molecular complexity index is 1360. The molecule has 4 rings (SSSR count). The van der Waals surface area contributed by atoms with Crippen molar-refractivity contribution in [3.63, 3.8) is 0 Å². The Hall–Kier alpha value is -3.30. The van der Waals surface area contributed by atoms with Crippen LogP contribution in [-0.2, 0) is 25.7 Å². The van der Waals surface area contributed by atoms with Crippen molar-refractivity contribution in [3.8, 4) is 0 Å². The highest BCUT2D eigenvalue weighted by atomic mass is 35.5. The van der Waals surface area contributed by atoms with E-state index < -0.39 is 11.9 Å². The third kappa shape index (κ3) is 4.46. The first-order valence-electron chi connectivity index (χ1n) is 10.3. The maximum Gasteiger partial charge on any atom is 0.326 e. The Morgan fingerprint density at radius 1 is 1.15 bits per heavy atom. The van der Waals surface area contributed by atoms with E-state index in [0.29, 0.717) is 21.0 Å². The van der Waals surface area contributed by atoms with Gasteiger partial charge in [-0.05, 0) is 49.7 Å². The van der Waals surface area contributed by atoms with E-state index in [9.17, 15) is 19.2 Å². The minimum atomic E-state index is -0.566. The van der Waals surface area contributed by atoms with Crippen LogP contribution in [0.25, 0.3) is 10.2 Å². The zero-order valence-electron chi connectivity index (χ0n) is 18.0. The molecule has 2 aromatic carbocycles. The molecule has 3 aromatic rings. The molecule has 1 aliphatic heterocycles. The number of benzene rings is 2. The molecule has 10 heteroatoms. The fourth-order valence-electron chi connectivity index (χ4n) is 3.68. The predicted molar refractivity (Wildman–Crippen MR) is 124 cm³/mol. The molecule has 3 amide bonds. The van der Waals surface area contributed by atoms with E-state index in [4.69, 9.17) is 16.3 Å². The SMILES string of the molecule is CCOC(=O)Cn1c(=NC(=O)c2cccc(N3C(=O)CCC3=O)c2)sc2ccc(Cl)c(C)c21. The zero-order valence-corrected chi connectivity index (χ0v) is 19.5. The summed E-state index contributed by atoms with van der Waals surface area (Å²) in [4.78, 5) is 55.0. The molecule has 1 saturated heterocycles. The minimum absolute atomic E-state index is 0.127. The van der Waals surface area contributed by atoms with E-state index >= 15 is 0 Å². The van der Waals surface area contributed by atoms with Crippen molar-refractivity contribution in [3.05, 3.63) is 57.3 Å². The van der Waals surface area contributed by atoms with Crippen molar-refractivity contribution in [1.29, 1.82) is 0 Å². The highest BCUT2D eigenvalue weighted by Crippen LogP contribution is 2.28. The number of carbonyl (C=O) groups is 4. The number of hydrogen-bond acceptors (Lipinski definition) is 6. The summed E-state index contributed by atoms with van der Waals surface area (Å²) in [6.45, 7) is 3.65. The van der Waals surface area contributed by atoms with Crippen molar-refractivity contribution < 1.29 is 23.9 Å². The Morgan fingerprint density at radius 3 is 2.58 bits per heavy atom. The molecule has 0 unspecified atom stereocenters. The van der Waals surface area contributed by atoms with Crippen LogP contribution in [0.3, 0.4) is 0 Å². The summed E-state index contributed by atoms with van der Waals surface area (Å²) in [7, 11) is 0. The number of halogens is 1. The van der Waals surface area contributed by atoms with Gasteiger partial charge in [-0.25, -0.2) is 0 Å². The number of hydrogen-bond donors (Lipinski definition) is 0. The van der Waals surface area contributed by atoms with Crippen molar-refractivity contribution in [2.75, 3.05) is 11.5 Å². The van der Waals surface area contributed by atoms with Crippen LogP contribution < -0.4 is 9.70 Å². The minimum Gasteiger partial charge on any atom is -0.465 e. The molecule has 1 aromatic heterocycles. The number of amides is 3. The van der Waals surface area contributed by atoms with Crippen LogP contribution in [0.15, 0.2) is 41.4 Å². The Morgan fingerprint density at radius 2 is 1.88 bits per heavy atom. The second-order valence-electron chi connectivity index (χ2n) is 7.39. The first-order chi connectivity index (χ1) is 15.8. The predicted octanol–water partition coefficient (Wildman–Crippen LogP) is 3.62. The standard InChI is InChI=1S/C23H20ClN3O5S/c1-3-32-20(30)12-26-21-13(2)16(24)7-8-17(21)33-23(26)25-22(31)14-5-4-6-15(11-14)27-18(28)9-10-19(27)29/h4-8,11H,3,9-10,12H2,1-2H3. The molecule has 2 heterocycles. The molecule has 0 aliphatic carbocycles. The maximum atomic E-state index is 13.0. The van der Waals surface area contributed by atoms with Crippen LogP contribution in [-0.4, -0.2) is 34.9 Å². The van der Waals surface area contributed by atoms with Crippen LogP contribution in [0, 0.1) is 6.92 Å². The third-order valence-electron chi connectivity index (χ3n) is 5.22. The van der Waals surface area contributed by atoms with Crippen LogP contribution in [0.4, 0.5) is 5.69 Å². The summed E-state index contributed by atoms with van der Waals surface area (Å²) in [6.07, 6.45) is 0.303. The summed E-state index contributed by atoms with van der Waals surface area (Å²) in [5.74, 6) is -1.63. The molecule has 0 N–H and O–H groups in total. The normalized spacial score (nSPS) is 14.4. The molecule has 0 atom stereocenters. The number of carbonyl (C=O) groups excluding carboxylic acids is 4. The van der Waals surface area contributed by atoms with E-state index in [0.717, 1.165) is 15.2 Å². The number of anilines is 1. The molecule has 170 valence electrons. The molecule has 0 radical (unpaired) electrons. The average Bonchev–Trinajstić information content (AvgIpc) is 3.30. The first-order valence-corrected chi connectivity index (χ1v) is 11.5. The number of fused-ring (bicyclic) bond motifs is 1. The van der Waals surface area contributed by atoms with Crippen LogP contribution in [0.1, 0.15) is 35.7 Å². The Labute approximate surface area is 198 Å². The number of aryl methyl sites for hydroxylation is 1. The van der Waals surface area contributed by atoms with Gasteiger partial charge in [-0.1, -0.05) is 29.0 Å². The molecule has 0 spiro atoms. The van der Waals surface area contributed by atoms with Crippen LogP contribution >= 0.6 is 22.9 Å². The fraction of sp³-hybridized carbons (Fsp3) is 0.261. The fourth-order valence-corrected chi connectivity index (χ4v) is 4.92. The number of thiazole rings is 1. The quantitative estimate of drug-likeness (QED) is 0.406. The molecular formula is C23H20ClN3O5S. The Balaban J connectivity index is 1.79. The molecule has 8 nitrogen and oxygen atoms in total. The Kier molecular flexibility index (Phi) is 6.44. The summed E-state index contributed by atoms with van der Waals surface area (Å²) in [5.41, 5.74) is 2.02. The molecule has 1 fully saturated rings. The lowest BCUT2D eigenvalue weighted by molar-refractivity contribution is -0.143. The largest absolute Gasteiger partial charge is 0.465 e. The van der Waals surface area contributed by atoms with Crippen LogP contribution in [0.2, 0.25) is 5.02 Å². The van der Waals surface area contributed by atoms with Gasteiger partial charge in [0.1, 0.15) is 6.54 Å². The summed E-state index contributed by atoms with van der Waals surface area (Å²) >= 11 is 7.54. The monoisotopic (exact) mass is 485 g/mol. The van der Waals surface area contributed by atoms with Crippen molar-refractivity contribution >= 4 is 62.5 Å². The topological polar surface area (TPSA) is 98.0 Å². The van der Waals surface area contributed by atoms with Gasteiger partial charge in [-0.2, -0.15) is 4.99 Å². The summed E-state index contributed by atoms with van der Waals surface area (Å²) < 4.78 is 7.52. The molecule has 0 bridgehead atoms. The van der Waals surface area contributed by atoms with Crippen molar-refractivity contribution in [2.45, 2.75) is 33.2 Å². The number of imide groups is 1. The van der Waals surface area contributed by atoms with Crippen molar-refractivity contribution in [2.24, 2.45) is 4.99 Å². The highest BCUT2D eigenvalue weighted by Gasteiger charge is 2.30. The maximum absolute atomic E-state index is 13.0. The van der Waals surface area contributed by atoms with E-state index in [-0.39, 0.29) is 43.4 Å². The van der Waals surface area contributed by atoms with Gasteiger partial charge in [-0.3, -0.25) is 24.1 Å². The van der Waals surface area contributed by atoms with E-state index in [1.807, 2.05) is 13.0 Å². The second-order valence-corrected chi connectivity index (χ2v) is 8.80. The molecule has 0 saturated carbocycles. The number of esters is 1. The van der Waals surface area contributed by atoms with E-state index in [2.05, 4.69) is 4.99 Å². The van der Waals surface area contributed by atoms with Gasteiger partial charge in [0.2, 0.25) is 11.8 Å². The van der Waals surface area contributed by atoms with Gasteiger partial charge in [0, 0.05) is 23.4 Å². The zero-order chi connectivity index (χ0) is 23.7. The van der Waals surface area contributed by atoms with Gasteiger partial charge in [0.25, 0.3) is 5.91 Å². The molecule has 33 heavy (non-hydrogen) atoms. The molecular weight excluding hydrogens is 466 g/mol. The third-order valence-corrected chi connectivity index (χ3v) is 6.68. The van der Waals surface area contributed by atoms with E-state index in [1.54, 1.807) is 35.8 Å². The van der Waals surface area contributed by atoms with Gasteiger partial charge >= 0.3 is 5.97 Å². The lowest BCUT2D eigenvalue weighted by Crippen LogP contribution is -2.28. The van der Waals surface area contributed by atoms with Crippen molar-refractivity contribution in [1.82, 2.24) is 4.57 Å². The van der Waals surface area contributed by atoms with E-state index in [1.165, 1.54) is 17.4 Å². The smallest absolute Gasteiger partial charge is 0.326 e. The van der Waals surface area contributed by atoms with Crippen LogP contribution in [0.5, 0.6) is 0 Å². The average molecular weight is 486 g/mol. The highest BCUT2D eigenvalue weighted by molar-refractivity contribution is 7.16. The van der Waals surface area contributed by atoms with Gasteiger partial charge in [0.15, 0.2) is 4.80 Å². The lowest BCUT2D eigenvalue weighted by atomic mass is 10.2.